The van der Waals surface area contributed by atoms with Crippen LogP contribution in [0.25, 0.3) is 0 Å². The number of ether oxygens (including phenoxy) is 1. The van der Waals surface area contributed by atoms with E-state index in [9.17, 15) is 19.8 Å². The number of nitrogens with one attached hydrogen (secondary N) is 1. The van der Waals surface area contributed by atoms with Crippen molar-refractivity contribution in [2.24, 2.45) is 0 Å². The Labute approximate surface area is 380 Å². The molecule has 6 heteroatoms. The highest BCUT2D eigenvalue weighted by atomic mass is 16.5. The molecule has 0 radical (unpaired) electrons. The van der Waals surface area contributed by atoms with Crippen molar-refractivity contribution in [1.82, 2.24) is 5.32 Å². The van der Waals surface area contributed by atoms with Crippen molar-refractivity contribution in [3.63, 3.8) is 0 Å². The molecular formula is C55H107NO5. The number of hydrogen-bond donors (Lipinski definition) is 3. The van der Waals surface area contributed by atoms with Gasteiger partial charge in [0.25, 0.3) is 0 Å². The van der Waals surface area contributed by atoms with Crippen LogP contribution in [0.15, 0.2) is 12.2 Å². The summed E-state index contributed by atoms with van der Waals surface area (Å²) in [5.41, 5.74) is 0. The summed E-state index contributed by atoms with van der Waals surface area (Å²) in [4.78, 5) is 24.4. The number of allylic oxidation sites excluding steroid dienone is 2. The van der Waals surface area contributed by atoms with E-state index in [4.69, 9.17) is 4.74 Å². The molecule has 0 spiro atoms. The molecule has 0 fully saturated rings. The average Bonchev–Trinajstić information content (AvgIpc) is 3.26. The topological polar surface area (TPSA) is 95.9 Å². The molecule has 0 aromatic heterocycles. The van der Waals surface area contributed by atoms with Gasteiger partial charge in [-0.1, -0.05) is 251 Å². The van der Waals surface area contributed by atoms with Crippen molar-refractivity contribution in [3.05, 3.63) is 12.2 Å². The van der Waals surface area contributed by atoms with Gasteiger partial charge in [-0.05, 0) is 51.4 Å². The van der Waals surface area contributed by atoms with Gasteiger partial charge in [0.15, 0.2) is 0 Å². The number of aliphatic hydroxyl groups is 2. The minimum atomic E-state index is -0.668. The van der Waals surface area contributed by atoms with Crippen LogP contribution >= 0.6 is 0 Å². The predicted octanol–water partition coefficient (Wildman–Crippen LogP) is 16.5. The van der Waals surface area contributed by atoms with Gasteiger partial charge in [-0.3, -0.25) is 9.59 Å². The third-order valence-electron chi connectivity index (χ3n) is 12.8. The van der Waals surface area contributed by atoms with Gasteiger partial charge in [-0.2, -0.15) is 0 Å². The Kier molecular flexibility index (Phi) is 50.1. The molecular weight excluding hydrogens is 755 g/mol. The Morgan fingerprint density at radius 1 is 0.443 bits per heavy atom. The Bertz CT molecular complexity index is 909. The second-order valence-corrected chi connectivity index (χ2v) is 18.9. The maximum atomic E-state index is 12.4. The highest BCUT2D eigenvalue weighted by Crippen LogP contribution is 2.17. The van der Waals surface area contributed by atoms with Gasteiger partial charge in [-0.25, -0.2) is 0 Å². The normalized spacial score (nSPS) is 12.7. The van der Waals surface area contributed by atoms with Crippen LogP contribution in [0.2, 0.25) is 0 Å². The van der Waals surface area contributed by atoms with Crippen LogP contribution in [0.1, 0.15) is 303 Å². The zero-order valence-electron chi connectivity index (χ0n) is 41.2. The van der Waals surface area contributed by atoms with Crippen molar-refractivity contribution in [1.29, 1.82) is 0 Å². The summed E-state index contributed by atoms with van der Waals surface area (Å²) >= 11 is 0. The van der Waals surface area contributed by atoms with E-state index in [1.807, 2.05) is 0 Å². The maximum absolute atomic E-state index is 12.4. The van der Waals surface area contributed by atoms with E-state index in [1.165, 1.54) is 231 Å². The Hall–Kier alpha value is -1.40. The summed E-state index contributed by atoms with van der Waals surface area (Å²) in [6.45, 7) is 4.94. The summed E-state index contributed by atoms with van der Waals surface area (Å²) in [6, 6.07) is -0.546. The molecule has 2 unspecified atom stereocenters. The Morgan fingerprint density at radius 3 is 1.16 bits per heavy atom. The fraction of sp³-hybridized carbons (Fsp3) is 0.927. The highest BCUT2D eigenvalue weighted by molar-refractivity contribution is 5.76. The molecule has 362 valence electrons. The maximum Gasteiger partial charge on any atom is 0.305 e. The lowest BCUT2D eigenvalue weighted by Gasteiger charge is -2.22. The molecule has 2 atom stereocenters. The lowest BCUT2D eigenvalue weighted by atomic mass is 10.0. The molecule has 0 saturated carbocycles. The minimum Gasteiger partial charge on any atom is -0.466 e. The molecule has 0 rings (SSSR count). The quantitative estimate of drug-likeness (QED) is 0.0322. The first kappa shape index (κ1) is 59.6. The number of aliphatic hydroxyl groups excluding tert-OH is 2. The molecule has 0 aliphatic heterocycles. The van der Waals surface area contributed by atoms with Crippen molar-refractivity contribution in [2.75, 3.05) is 13.2 Å². The highest BCUT2D eigenvalue weighted by Gasteiger charge is 2.20. The van der Waals surface area contributed by atoms with E-state index in [-0.39, 0.29) is 18.5 Å². The SMILES string of the molecule is CCCCCCCCCCCCCCCC(O)C(CO)NC(=O)CCCCCCCCC/C=C\CCCCCCCCCCCOC(=O)CCCCCCCCCCCCC. The van der Waals surface area contributed by atoms with E-state index < -0.39 is 12.1 Å². The molecule has 0 saturated heterocycles. The van der Waals surface area contributed by atoms with Crippen LogP contribution in [0.4, 0.5) is 0 Å². The van der Waals surface area contributed by atoms with Crippen LogP contribution in [-0.4, -0.2) is 47.4 Å². The van der Waals surface area contributed by atoms with E-state index >= 15 is 0 Å². The van der Waals surface area contributed by atoms with Gasteiger partial charge in [-0.15, -0.1) is 0 Å². The Balaban J connectivity index is 3.43. The zero-order chi connectivity index (χ0) is 44.4. The number of carbonyl (C=O) groups is 2. The molecule has 0 aromatic rings. The fourth-order valence-electron chi connectivity index (χ4n) is 8.58. The number of esters is 1. The number of hydrogen-bond acceptors (Lipinski definition) is 5. The van der Waals surface area contributed by atoms with Crippen LogP contribution in [0, 0.1) is 0 Å². The van der Waals surface area contributed by atoms with Crippen LogP contribution in [0.3, 0.4) is 0 Å². The first-order chi connectivity index (χ1) is 30.0. The summed E-state index contributed by atoms with van der Waals surface area (Å²) < 4.78 is 5.45. The van der Waals surface area contributed by atoms with Crippen molar-refractivity contribution in [2.45, 2.75) is 315 Å². The molecule has 3 N–H and O–H groups in total. The van der Waals surface area contributed by atoms with Gasteiger partial charge in [0, 0.05) is 12.8 Å². The van der Waals surface area contributed by atoms with E-state index in [0.717, 1.165) is 38.5 Å². The van der Waals surface area contributed by atoms with Crippen molar-refractivity contribution in [3.8, 4) is 0 Å². The van der Waals surface area contributed by atoms with Gasteiger partial charge in [0.2, 0.25) is 5.91 Å². The Morgan fingerprint density at radius 2 is 0.770 bits per heavy atom. The summed E-state index contributed by atoms with van der Waals surface area (Å²) in [7, 11) is 0. The lowest BCUT2D eigenvalue weighted by Crippen LogP contribution is -2.45. The summed E-state index contributed by atoms with van der Waals surface area (Å²) in [5, 5.41) is 23.2. The standard InChI is InChI=1S/C55H107NO5/c1-3-5-7-9-11-13-15-24-28-31-35-39-43-47-53(58)52(51-57)56-54(59)48-44-40-36-32-29-25-22-20-18-16-17-19-21-23-26-30-34-38-42-46-50-61-55(60)49-45-41-37-33-27-14-12-10-8-6-4-2/h16,18,52-53,57-58H,3-15,17,19-51H2,1-2H3,(H,56,59)/b18-16-. The second kappa shape index (κ2) is 51.2. The van der Waals surface area contributed by atoms with Crippen LogP contribution in [-0.2, 0) is 14.3 Å². The largest absolute Gasteiger partial charge is 0.466 e. The molecule has 0 bridgehead atoms. The molecule has 6 nitrogen and oxygen atoms in total. The van der Waals surface area contributed by atoms with E-state index in [2.05, 4.69) is 31.3 Å². The number of amides is 1. The molecule has 0 aliphatic carbocycles. The smallest absolute Gasteiger partial charge is 0.305 e. The van der Waals surface area contributed by atoms with Gasteiger partial charge in [0.05, 0.1) is 25.4 Å². The number of unbranched alkanes of at least 4 members (excludes halogenated alkanes) is 38. The van der Waals surface area contributed by atoms with Gasteiger partial charge < -0.3 is 20.3 Å². The average molecular weight is 862 g/mol. The monoisotopic (exact) mass is 862 g/mol. The van der Waals surface area contributed by atoms with E-state index in [0.29, 0.717) is 25.9 Å². The fourth-order valence-corrected chi connectivity index (χ4v) is 8.58. The molecule has 1 amide bonds. The first-order valence-corrected chi connectivity index (χ1v) is 27.4. The van der Waals surface area contributed by atoms with Crippen molar-refractivity contribution >= 4 is 11.9 Å². The van der Waals surface area contributed by atoms with Gasteiger partial charge in [0.1, 0.15) is 0 Å². The minimum absolute atomic E-state index is 0.00611. The second-order valence-electron chi connectivity index (χ2n) is 18.9. The first-order valence-electron chi connectivity index (χ1n) is 27.4. The lowest BCUT2D eigenvalue weighted by molar-refractivity contribution is -0.143. The van der Waals surface area contributed by atoms with Crippen LogP contribution in [0.5, 0.6) is 0 Å². The third-order valence-corrected chi connectivity index (χ3v) is 12.8. The van der Waals surface area contributed by atoms with Crippen LogP contribution < -0.4 is 5.32 Å². The third kappa shape index (κ3) is 47.9. The molecule has 0 heterocycles. The molecule has 0 aromatic carbocycles. The van der Waals surface area contributed by atoms with Gasteiger partial charge >= 0.3 is 5.97 Å². The molecule has 0 aliphatic rings. The summed E-state index contributed by atoms with van der Waals surface area (Å²) in [5.74, 6) is -0.0367. The van der Waals surface area contributed by atoms with Crippen molar-refractivity contribution < 1.29 is 24.5 Å². The molecule has 61 heavy (non-hydrogen) atoms. The summed E-state index contributed by atoms with van der Waals surface area (Å²) in [6.07, 6.45) is 59.1. The zero-order valence-corrected chi connectivity index (χ0v) is 41.2. The number of rotatable bonds is 51. The number of carbonyl (C=O) groups excluding carboxylic acids is 2. The van der Waals surface area contributed by atoms with E-state index in [1.54, 1.807) is 0 Å². The predicted molar refractivity (Wildman–Crippen MR) is 264 cm³/mol.